The molecule has 68 valence electrons. The van der Waals surface area contributed by atoms with Gasteiger partial charge < -0.3 is 24.0 Å². The van der Waals surface area contributed by atoms with E-state index in [1.54, 1.807) is 0 Å². The first-order chi connectivity index (χ1) is 5.34. The van der Waals surface area contributed by atoms with Crippen LogP contribution in [0.3, 0.4) is 0 Å². The summed E-state index contributed by atoms with van der Waals surface area (Å²) in [6, 6.07) is 5.86. The summed E-state index contributed by atoms with van der Waals surface area (Å²) < 4.78 is 2.06. The van der Waals surface area contributed by atoms with Gasteiger partial charge in [0, 0.05) is 18.6 Å². The summed E-state index contributed by atoms with van der Waals surface area (Å²) in [6.45, 7) is 3.20. The third-order valence-corrected chi connectivity index (χ3v) is 1.98. The lowest BCUT2D eigenvalue weighted by molar-refractivity contribution is -0.695. The molecule has 0 aromatic carbocycles. The molecule has 0 aliphatic carbocycles. The highest BCUT2D eigenvalue weighted by Crippen LogP contribution is 1.99. The van der Waals surface area contributed by atoms with Crippen molar-refractivity contribution < 1.29 is 28.5 Å². The average molecular weight is 298 g/mol. The monoisotopic (exact) mass is 297 g/mol. The van der Waals surface area contributed by atoms with E-state index in [1.807, 2.05) is 24.4 Å². The third kappa shape index (κ3) is 3.72. The van der Waals surface area contributed by atoms with Crippen LogP contribution in [-0.4, -0.2) is 0 Å². The number of aromatic nitrogens is 1. The van der Waals surface area contributed by atoms with Crippen LogP contribution in [0.2, 0.25) is 5.15 Å². The summed E-state index contributed by atoms with van der Waals surface area (Å²) in [4.78, 5) is 0. The van der Waals surface area contributed by atoms with E-state index < -0.39 is 0 Å². The maximum Gasteiger partial charge on any atom is 0.274 e. The SMILES string of the molecule is CCCC[n+]1ccccc1Cl.[I-]. The zero-order valence-corrected chi connectivity index (χ0v) is 10.0. The number of aryl methyl sites for hydroxylation is 1. The quantitative estimate of drug-likeness (QED) is 0.400. The Labute approximate surface area is 95.8 Å². The Hall–Kier alpha value is 0.170. The second-order valence-electron chi connectivity index (χ2n) is 2.57. The zero-order valence-electron chi connectivity index (χ0n) is 7.13. The van der Waals surface area contributed by atoms with Gasteiger partial charge >= 0.3 is 0 Å². The van der Waals surface area contributed by atoms with Crippen LogP contribution in [0.4, 0.5) is 0 Å². The molecule has 0 amide bonds. The van der Waals surface area contributed by atoms with Crippen LogP contribution < -0.4 is 28.5 Å². The van der Waals surface area contributed by atoms with Crippen LogP contribution in [0.15, 0.2) is 24.4 Å². The minimum atomic E-state index is 0. The van der Waals surface area contributed by atoms with E-state index in [0.29, 0.717) is 0 Å². The Morgan fingerprint density at radius 1 is 1.42 bits per heavy atom. The van der Waals surface area contributed by atoms with Gasteiger partial charge in [-0.2, -0.15) is 4.57 Å². The number of halogens is 2. The summed E-state index contributed by atoms with van der Waals surface area (Å²) in [6.07, 6.45) is 4.41. The predicted molar refractivity (Wildman–Crippen MR) is 46.6 cm³/mol. The maximum atomic E-state index is 5.92. The van der Waals surface area contributed by atoms with E-state index in [1.165, 1.54) is 12.8 Å². The van der Waals surface area contributed by atoms with E-state index >= 15 is 0 Å². The number of hydrogen-bond donors (Lipinski definition) is 0. The summed E-state index contributed by atoms with van der Waals surface area (Å²) in [7, 11) is 0. The molecule has 0 bridgehead atoms. The van der Waals surface area contributed by atoms with E-state index in [2.05, 4.69) is 11.5 Å². The average Bonchev–Trinajstić information content (AvgIpc) is 2.03. The van der Waals surface area contributed by atoms with Gasteiger partial charge in [-0.3, -0.25) is 0 Å². The van der Waals surface area contributed by atoms with Gasteiger partial charge in [-0.15, -0.1) is 0 Å². The van der Waals surface area contributed by atoms with Crippen molar-refractivity contribution in [2.75, 3.05) is 0 Å². The van der Waals surface area contributed by atoms with Crippen molar-refractivity contribution in [2.24, 2.45) is 0 Å². The Balaban J connectivity index is 0.00000121. The molecular weight excluding hydrogens is 284 g/mol. The molecule has 0 radical (unpaired) electrons. The van der Waals surface area contributed by atoms with Gasteiger partial charge in [0.25, 0.3) is 5.15 Å². The lowest BCUT2D eigenvalue weighted by atomic mass is 10.3. The molecule has 1 aromatic rings. The highest BCUT2D eigenvalue weighted by atomic mass is 127. The van der Waals surface area contributed by atoms with Gasteiger partial charge in [-0.05, 0) is 17.7 Å². The molecular formula is C9H13ClIN. The summed E-state index contributed by atoms with van der Waals surface area (Å²) in [5.74, 6) is 0. The second-order valence-corrected chi connectivity index (χ2v) is 2.96. The number of pyridine rings is 1. The maximum absolute atomic E-state index is 5.92. The normalized spacial score (nSPS) is 9.17. The third-order valence-electron chi connectivity index (χ3n) is 1.64. The van der Waals surface area contributed by atoms with E-state index in [-0.39, 0.29) is 24.0 Å². The first-order valence-electron chi connectivity index (χ1n) is 3.98. The van der Waals surface area contributed by atoms with Crippen molar-refractivity contribution in [1.29, 1.82) is 0 Å². The topological polar surface area (TPSA) is 3.88 Å². The second kappa shape index (κ2) is 6.66. The van der Waals surface area contributed by atoms with Gasteiger partial charge in [0.1, 0.15) is 6.54 Å². The predicted octanol–water partition coefficient (Wildman–Crippen LogP) is -0.568. The fraction of sp³-hybridized carbons (Fsp3) is 0.444. The molecule has 0 aliphatic rings. The summed E-state index contributed by atoms with van der Waals surface area (Å²) in [5, 5.41) is 0.820. The van der Waals surface area contributed by atoms with Crippen molar-refractivity contribution in [1.82, 2.24) is 0 Å². The Morgan fingerprint density at radius 3 is 2.75 bits per heavy atom. The van der Waals surface area contributed by atoms with Crippen molar-refractivity contribution in [2.45, 2.75) is 26.3 Å². The molecule has 0 N–H and O–H groups in total. The van der Waals surface area contributed by atoms with Gasteiger partial charge in [-0.25, -0.2) is 0 Å². The van der Waals surface area contributed by atoms with Crippen molar-refractivity contribution in [3.63, 3.8) is 0 Å². The minimum Gasteiger partial charge on any atom is -1.00 e. The molecule has 1 heterocycles. The number of unbranched alkanes of at least 4 members (excludes halogenated alkanes) is 1. The van der Waals surface area contributed by atoms with Gasteiger partial charge in [0.2, 0.25) is 0 Å². The summed E-state index contributed by atoms with van der Waals surface area (Å²) in [5.41, 5.74) is 0. The number of hydrogen-bond acceptors (Lipinski definition) is 0. The zero-order chi connectivity index (χ0) is 8.10. The van der Waals surface area contributed by atoms with Crippen LogP contribution >= 0.6 is 11.6 Å². The molecule has 1 nitrogen and oxygen atoms in total. The van der Waals surface area contributed by atoms with E-state index in [4.69, 9.17) is 11.6 Å². The van der Waals surface area contributed by atoms with E-state index in [9.17, 15) is 0 Å². The Bertz CT molecular complexity index is 228. The number of nitrogens with zero attached hydrogens (tertiary/aromatic N) is 1. The van der Waals surface area contributed by atoms with Crippen LogP contribution in [0.5, 0.6) is 0 Å². The lowest BCUT2D eigenvalue weighted by Crippen LogP contribution is -3.00. The molecule has 0 fully saturated rings. The molecule has 0 spiro atoms. The van der Waals surface area contributed by atoms with Gasteiger partial charge in [0.05, 0.1) is 0 Å². The smallest absolute Gasteiger partial charge is 0.274 e. The molecule has 0 atom stereocenters. The van der Waals surface area contributed by atoms with Crippen LogP contribution in [0.25, 0.3) is 0 Å². The Morgan fingerprint density at radius 2 is 2.17 bits per heavy atom. The van der Waals surface area contributed by atoms with Crippen LogP contribution in [-0.2, 0) is 6.54 Å². The first kappa shape index (κ1) is 12.2. The van der Waals surface area contributed by atoms with Crippen molar-refractivity contribution >= 4 is 11.6 Å². The fourth-order valence-corrected chi connectivity index (χ4v) is 1.18. The molecule has 0 unspecified atom stereocenters. The minimum absolute atomic E-state index is 0. The first-order valence-corrected chi connectivity index (χ1v) is 4.36. The van der Waals surface area contributed by atoms with Crippen LogP contribution in [0, 0.1) is 0 Å². The lowest BCUT2D eigenvalue weighted by Gasteiger charge is -1.95. The molecule has 12 heavy (non-hydrogen) atoms. The Kier molecular flexibility index (Phi) is 6.76. The van der Waals surface area contributed by atoms with Crippen LogP contribution in [0.1, 0.15) is 19.8 Å². The van der Waals surface area contributed by atoms with Gasteiger partial charge in [0.15, 0.2) is 6.20 Å². The highest BCUT2D eigenvalue weighted by molar-refractivity contribution is 6.28. The van der Waals surface area contributed by atoms with E-state index in [0.717, 1.165) is 11.7 Å². The molecule has 1 rings (SSSR count). The molecule has 3 heteroatoms. The molecule has 0 aliphatic heterocycles. The summed E-state index contributed by atoms with van der Waals surface area (Å²) >= 11 is 5.92. The largest absolute Gasteiger partial charge is 1.00 e. The fourth-order valence-electron chi connectivity index (χ4n) is 0.965. The van der Waals surface area contributed by atoms with Crippen molar-refractivity contribution in [3.05, 3.63) is 29.5 Å². The van der Waals surface area contributed by atoms with Gasteiger partial charge in [-0.1, -0.05) is 13.3 Å². The number of rotatable bonds is 3. The highest BCUT2D eigenvalue weighted by Gasteiger charge is 2.03. The molecule has 0 saturated carbocycles. The molecule has 0 saturated heterocycles. The van der Waals surface area contributed by atoms with Crippen molar-refractivity contribution in [3.8, 4) is 0 Å². The molecule has 1 aromatic heterocycles. The standard InChI is InChI=1S/C9H13ClN.HI/c1-2-3-7-11-8-5-4-6-9(11)10;/h4-6,8H,2-3,7H2,1H3;1H/q+1;/p-1.